The molecule has 1 unspecified atom stereocenters. The summed E-state index contributed by atoms with van der Waals surface area (Å²) in [6.07, 6.45) is 0. The Kier molecular flexibility index (Phi) is 4.99. The molecule has 17 heavy (non-hydrogen) atoms. The van der Waals surface area contributed by atoms with Crippen LogP contribution in [0, 0.1) is 11.6 Å². The Balaban J connectivity index is 2.85. The van der Waals surface area contributed by atoms with E-state index >= 15 is 0 Å². The van der Waals surface area contributed by atoms with Crippen LogP contribution in [-0.4, -0.2) is 26.2 Å². The summed E-state index contributed by atoms with van der Waals surface area (Å²) in [7, 11) is 1.50. The van der Waals surface area contributed by atoms with Crippen LogP contribution in [0.15, 0.2) is 18.2 Å². The van der Waals surface area contributed by atoms with E-state index in [2.05, 4.69) is 5.32 Å². The lowest BCUT2D eigenvalue weighted by molar-refractivity contribution is -0.120. The lowest BCUT2D eigenvalue weighted by atomic mass is 10.1. The van der Waals surface area contributed by atoms with Crippen molar-refractivity contribution >= 4 is 5.91 Å². The zero-order chi connectivity index (χ0) is 12.8. The van der Waals surface area contributed by atoms with Gasteiger partial charge in [0.05, 0.1) is 6.61 Å². The maximum atomic E-state index is 13.0. The number of methoxy groups -OCH3 is 1. The molecule has 0 aromatic heterocycles. The summed E-state index contributed by atoms with van der Waals surface area (Å²) in [6, 6.07) is 1.93. The van der Waals surface area contributed by atoms with Crippen LogP contribution in [0.2, 0.25) is 0 Å². The molecule has 0 aliphatic rings. The van der Waals surface area contributed by atoms with Gasteiger partial charge in [-0.05, 0) is 17.7 Å². The molecule has 0 spiro atoms. The smallest absolute Gasteiger partial charge is 0.239 e. The summed E-state index contributed by atoms with van der Waals surface area (Å²) in [5, 5.41) is 2.76. The van der Waals surface area contributed by atoms with Gasteiger partial charge in [0, 0.05) is 19.7 Å². The molecule has 3 N–H and O–H groups in total. The van der Waals surface area contributed by atoms with Gasteiger partial charge in [-0.3, -0.25) is 10.1 Å². The van der Waals surface area contributed by atoms with Gasteiger partial charge >= 0.3 is 0 Å². The van der Waals surface area contributed by atoms with Crippen LogP contribution in [0.4, 0.5) is 8.78 Å². The molecule has 1 rings (SSSR count). The molecular weight excluding hydrogens is 230 g/mol. The number of hydrogen-bond acceptors (Lipinski definition) is 3. The minimum atomic E-state index is -0.935. The zero-order valence-electron chi connectivity index (χ0n) is 9.37. The maximum Gasteiger partial charge on any atom is 0.239 e. The topological polar surface area (TPSA) is 64.3 Å². The highest BCUT2D eigenvalue weighted by Crippen LogP contribution is 2.16. The minimum absolute atomic E-state index is 0.158. The first-order valence-corrected chi connectivity index (χ1v) is 5.02. The Morgan fingerprint density at radius 1 is 1.41 bits per heavy atom. The van der Waals surface area contributed by atoms with Crippen LogP contribution < -0.4 is 11.1 Å². The van der Waals surface area contributed by atoms with Crippen LogP contribution >= 0.6 is 0 Å². The van der Waals surface area contributed by atoms with Crippen molar-refractivity contribution in [2.45, 2.75) is 6.04 Å². The summed E-state index contributed by atoms with van der Waals surface area (Å²) < 4.78 is 30.8. The first kappa shape index (κ1) is 13.5. The van der Waals surface area contributed by atoms with Gasteiger partial charge in [-0.25, -0.2) is 8.78 Å². The van der Waals surface area contributed by atoms with Gasteiger partial charge in [-0.1, -0.05) is 0 Å². The van der Waals surface area contributed by atoms with Crippen molar-refractivity contribution in [2.75, 3.05) is 20.3 Å². The van der Waals surface area contributed by atoms with E-state index in [0.29, 0.717) is 13.2 Å². The average molecular weight is 244 g/mol. The lowest BCUT2D eigenvalue weighted by Crippen LogP contribution is -2.35. The van der Waals surface area contributed by atoms with Gasteiger partial charge in [-0.15, -0.1) is 0 Å². The third-order valence-electron chi connectivity index (χ3n) is 2.16. The largest absolute Gasteiger partial charge is 0.383 e. The highest BCUT2D eigenvalue weighted by Gasteiger charge is 2.18. The van der Waals surface area contributed by atoms with E-state index in [1.165, 1.54) is 7.11 Å². The fourth-order valence-electron chi connectivity index (χ4n) is 1.43. The van der Waals surface area contributed by atoms with Crippen molar-refractivity contribution < 1.29 is 18.3 Å². The number of carbonyl (C=O) groups excluding carboxylic acids is 1. The lowest BCUT2D eigenvalue weighted by Gasteiger charge is -2.15. The van der Waals surface area contributed by atoms with Gasteiger partial charge < -0.3 is 10.5 Å². The van der Waals surface area contributed by atoms with Crippen LogP contribution in [0.3, 0.4) is 0 Å². The SMILES string of the molecule is COCCNC(C(N)=O)c1cc(F)cc(F)c1. The van der Waals surface area contributed by atoms with Crippen molar-refractivity contribution in [3.63, 3.8) is 0 Å². The number of ether oxygens (including phenoxy) is 1. The molecule has 0 aliphatic heterocycles. The van der Waals surface area contributed by atoms with Gasteiger partial charge in [0.2, 0.25) is 5.91 Å². The molecule has 1 aromatic carbocycles. The molecule has 94 valence electrons. The van der Waals surface area contributed by atoms with E-state index in [0.717, 1.165) is 18.2 Å². The van der Waals surface area contributed by atoms with E-state index in [1.807, 2.05) is 0 Å². The Hall–Kier alpha value is -1.53. The Morgan fingerprint density at radius 3 is 2.47 bits per heavy atom. The molecule has 1 atom stereocenters. The van der Waals surface area contributed by atoms with Crippen LogP contribution in [0.1, 0.15) is 11.6 Å². The van der Waals surface area contributed by atoms with Gasteiger partial charge in [0.25, 0.3) is 0 Å². The number of benzene rings is 1. The van der Waals surface area contributed by atoms with Crippen LogP contribution in [0.25, 0.3) is 0 Å². The predicted octanol–water partition coefficient (Wildman–Crippen LogP) is 0.727. The predicted molar refractivity (Wildman–Crippen MR) is 58.2 cm³/mol. The molecule has 0 heterocycles. The number of primary amides is 1. The van der Waals surface area contributed by atoms with Crippen LogP contribution in [-0.2, 0) is 9.53 Å². The third-order valence-corrected chi connectivity index (χ3v) is 2.16. The van der Waals surface area contributed by atoms with Crippen molar-refractivity contribution in [1.82, 2.24) is 5.32 Å². The standard InChI is InChI=1S/C11H14F2N2O2/c1-17-3-2-15-10(11(14)16)7-4-8(12)6-9(13)5-7/h4-6,10,15H,2-3H2,1H3,(H2,14,16). The molecule has 1 amide bonds. The van der Waals surface area contributed by atoms with Crippen LogP contribution in [0.5, 0.6) is 0 Å². The zero-order valence-corrected chi connectivity index (χ0v) is 9.37. The summed E-state index contributed by atoms with van der Waals surface area (Å²) in [4.78, 5) is 11.2. The number of hydrogen-bond donors (Lipinski definition) is 2. The van der Waals surface area contributed by atoms with Crippen molar-refractivity contribution in [1.29, 1.82) is 0 Å². The summed E-state index contributed by atoms with van der Waals surface area (Å²) in [5.74, 6) is -2.20. The molecule has 4 nitrogen and oxygen atoms in total. The second-order valence-electron chi connectivity index (χ2n) is 3.49. The second-order valence-corrected chi connectivity index (χ2v) is 3.49. The molecule has 1 aromatic rings. The van der Waals surface area contributed by atoms with Gasteiger partial charge in [-0.2, -0.15) is 0 Å². The number of amides is 1. The summed E-state index contributed by atoms with van der Waals surface area (Å²) >= 11 is 0. The molecule has 0 fully saturated rings. The van der Waals surface area contributed by atoms with E-state index < -0.39 is 23.6 Å². The fourth-order valence-corrected chi connectivity index (χ4v) is 1.43. The molecule has 6 heteroatoms. The molecule has 0 saturated carbocycles. The third kappa shape index (κ3) is 4.08. The monoisotopic (exact) mass is 244 g/mol. The normalized spacial score (nSPS) is 12.4. The second kappa shape index (κ2) is 6.27. The average Bonchev–Trinajstić information content (AvgIpc) is 2.22. The minimum Gasteiger partial charge on any atom is -0.383 e. The first-order valence-electron chi connectivity index (χ1n) is 5.02. The maximum absolute atomic E-state index is 13.0. The number of rotatable bonds is 6. The molecular formula is C11H14F2N2O2. The van der Waals surface area contributed by atoms with Crippen molar-refractivity contribution in [3.05, 3.63) is 35.4 Å². The summed E-state index contributed by atoms with van der Waals surface area (Å²) in [6.45, 7) is 0.712. The van der Waals surface area contributed by atoms with E-state index in [1.54, 1.807) is 0 Å². The Bertz CT molecular complexity index is 379. The number of nitrogens with two attached hydrogens (primary N) is 1. The van der Waals surface area contributed by atoms with E-state index in [-0.39, 0.29) is 5.56 Å². The molecule has 0 saturated heterocycles. The molecule has 0 bridgehead atoms. The van der Waals surface area contributed by atoms with Gasteiger partial charge in [0.15, 0.2) is 0 Å². The van der Waals surface area contributed by atoms with Gasteiger partial charge in [0.1, 0.15) is 17.7 Å². The quantitative estimate of drug-likeness (QED) is 0.725. The highest BCUT2D eigenvalue weighted by atomic mass is 19.1. The fraction of sp³-hybridized carbons (Fsp3) is 0.364. The highest BCUT2D eigenvalue weighted by molar-refractivity contribution is 5.81. The number of carbonyl (C=O) groups is 1. The molecule has 0 aliphatic carbocycles. The first-order chi connectivity index (χ1) is 8.04. The van der Waals surface area contributed by atoms with E-state index in [9.17, 15) is 13.6 Å². The Morgan fingerprint density at radius 2 is 2.00 bits per heavy atom. The van der Waals surface area contributed by atoms with Crippen molar-refractivity contribution in [3.8, 4) is 0 Å². The molecule has 0 radical (unpaired) electrons. The van der Waals surface area contributed by atoms with Crippen molar-refractivity contribution in [2.24, 2.45) is 5.73 Å². The summed E-state index contributed by atoms with van der Waals surface area (Å²) in [5.41, 5.74) is 5.32. The number of nitrogens with one attached hydrogen (secondary N) is 1. The van der Waals surface area contributed by atoms with E-state index in [4.69, 9.17) is 10.5 Å². The number of halogens is 2. The Labute approximate surface area is 97.8 Å².